The van der Waals surface area contributed by atoms with Crippen LogP contribution in [0.2, 0.25) is 0 Å². The Morgan fingerprint density at radius 1 is 1.36 bits per heavy atom. The molecule has 0 saturated carbocycles. The molecule has 0 fully saturated rings. The summed E-state index contributed by atoms with van der Waals surface area (Å²) < 4.78 is 5.25. The maximum atomic E-state index is 5.25. The second-order valence-electron chi connectivity index (χ2n) is 3.30. The van der Waals surface area contributed by atoms with Crippen molar-refractivity contribution in [1.29, 1.82) is 0 Å². The highest BCUT2D eigenvalue weighted by Crippen LogP contribution is 2.10. The van der Waals surface area contributed by atoms with Crippen molar-refractivity contribution in [1.82, 2.24) is 9.97 Å². The number of furan rings is 1. The lowest BCUT2D eigenvalue weighted by Gasteiger charge is -2.02. The minimum Gasteiger partial charge on any atom is -0.469 e. The van der Waals surface area contributed by atoms with Gasteiger partial charge in [-0.25, -0.2) is 0 Å². The van der Waals surface area contributed by atoms with E-state index in [1.807, 2.05) is 26.0 Å². The lowest BCUT2D eigenvalue weighted by molar-refractivity contribution is 0.518. The fourth-order valence-electron chi connectivity index (χ4n) is 1.37. The van der Waals surface area contributed by atoms with Gasteiger partial charge in [0.2, 0.25) is 0 Å². The van der Waals surface area contributed by atoms with E-state index < -0.39 is 0 Å². The summed E-state index contributed by atoms with van der Waals surface area (Å²) in [5.74, 6) is 0.922. The molecule has 14 heavy (non-hydrogen) atoms. The first-order chi connectivity index (χ1) is 6.75. The van der Waals surface area contributed by atoms with Gasteiger partial charge in [0.15, 0.2) is 0 Å². The van der Waals surface area contributed by atoms with E-state index >= 15 is 0 Å². The Kier molecular flexibility index (Phi) is 2.31. The van der Waals surface area contributed by atoms with E-state index in [1.165, 1.54) is 0 Å². The molecule has 0 amide bonds. The number of hydrogen-bond donors (Lipinski definition) is 0. The van der Waals surface area contributed by atoms with Gasteiger partial charge in [-0.2, -0.15) is 0 Å². The van der Waals surface area contributed by atoms with Crippen molar-refractivity contribution in [2.45, 2.75) is 20.3 Å². The summed E-state index contributed by atoms with van der Waals surface area (Å²) in [7, 11) is 0. The fraction of sp³-hybridized carbons (Fsp3) is 0.273. The first-order valence-electron chi connectivity index (χ1n) is 4.57. The maximum Gasteiger partial charge on any atom is 0.109 e. The van der Waals surface area contributed by atoms with E-state index in [9.17, 15) is 0 Å². The highest BCUT2D eigenvalue weighted by atomic mass is 16.3. The first kappa shape index (κ1) is 8.94. The highest BCUT2D eigenvalue weighted by molar-refractivity contribution is 5.17. The van der Waals surface area contributed by atoms with Crippen LogP contribution in [0.4, 0.5) is 0 Å². The van der Waals surface area contributed by atoms with Crippen LogP contribution in [-0.2, 0) is 6.42 Å². The van der Waals surface area contributed by atoms with Gasteiger partial charge in [-0.3, -0.25) is 9.97 Å². The van der Waals surface area contributed by atoms with Gasteiger partial charge < -0.3 is 4.42 Å². The van der Waals surface area contributed by atoms with Crippen molar-refractivity contribution in [3.63, 3.8) is 0 Å². The van der Waals surface area contributed by atoms with E-state index in [4.69, 9.17) is 4.42 Å². The van der Waals surface area contributed by atoms with Crippen LogP contribution in [-0.4, -0.2) is 9.97 Å². The van der Waals surface area contributed by atoms with Crippen molar-refractivity contribution >= 4 is 0 Å². The van der Waals surface area contributed by atoms with E-state index in [0.29, 0.717) is 6.42 Å². The van der Waals surface area contributed by atoms with E-state index in [0.717, 1.165) is 22.8 Å². The van der Waals surface area contributed by atoms with Gasteiger partial charge in [0, 0.05) is 12.6 Å². The minimum atomic E-state index is 0.714. The van der Waals surface area contributed by atoms with Crippen molar-refractivity contribution in [2.75, 3.05) is 0 Å². The largest absolute Gasteiger partial charge is 0.469 e. The zero-order valence-electron chi connectivity index (χ0n) is 8.32. The Morgan fingerprint density at radius 2 is 2.21 bits per heavy atom. The maximum absolute atomic E-state index is 5.25. The number of hydrogen-bond acceptors (Lipinski definition) is 3. The van der Waals surface area contributed by atoms with Crippen LogP contribution in [0, 0.1) is 13.8 Å². The molecule has 2 rings (SSSR count). The van der Waals surface area contributed by atoms with E-state index in [-0.39, 0.29) is 0 Å². The lowest BCUT2D eigenvalue weighted by atomic mass is 10.2. The SMILES string of the molecule is Cc1cnc(Cc2ccco2)c(C)n1. The molecule has 0 bridgehead atoms. The number of rotatable bonds is 2. The Morgan fingerprint density at radius 3 is 2.86 bits per heavy atom. The molecule has 0 spiro atoms. The fourth-order valence-corrected chi connectivity index (χ4v) is 1.37. The molecule has 72 valence electrons. The van der Waals surface area contributed by atoms with E-state index in [2.05, 4.69) is 9.97 Å². The van der Waals surface area contributed by atoms with Gasteiger partial charge in [0.1, 0.15) is 5.76 Å². The average molecular weight is 188 g/mol. The first-order valence-corrected chi connectivity index (χ1v) is 4.57. The quantitative estimate of drug-likeness (QED) is 0.725. The molecular formula is C11H12N2O. The molecule has 0 radical (unpaired) electrons. The standard InChI is InChI=1S/C11H12N2O/c1-8-7-12-11(9(2)13-8)6-10-4-3-5-14-10/h3-5,7H,6H2,1-2H3. The smallest absolute Gasteiger partial charge is 0.109 e. The Bertz CT molecular complexity index is 421. The van der Waals surface area contributed by atoms with Crippen molar-refractivity contribution < 1.29 is 4.42 Å². The summed E-state index contributed by atoms with van der Waals surface area (Å²) >= 11 is 0. The Balaban J connectivity index is 2.25. The molecule has 0 N–H and O–H groups in total. The lowest BCUT2D eigenvalue weighted by Crippen LogP contribution is -1.99. The predicted molar refractivity (Wildman–Crippen MR) is 53.0 cm³/mol. The summed E-state index contributed by atoms with van der Waals surface area (Å²) in [4.78, 5) is 8.68. The summed E-state index contributed by atoms with van der Waals surface area (Å²) in [6.07, 6.45) is 4.17. The molecule has 0 unspecified atom stereocenters. The molecule has 3 nitrogen and oxygen atoms in total. The molecule has 0 saturated heterocycles. The Labute approximate surface area is 82.8 Å². The summed E-state index contributed by atoms with van der Waals surface area (Å²) in [5.41, 5.74) is 2.90. The highest BCUT2D eigenvalue weighted by Gasteiger charge is 2.04. The van der Waals surface area contributed by atoms with Crippen LogP contribution < -0.4 is 0 Å². The molecule has 2 heterocycles. The van der Waals surface area contributed by atoms with Gasteiger partial charge in [0.05, 0.1) is 23.3 Å². The Hall–Kier alpha value is -1.64. The van der Waals surface area contributed by atoms with Crippen LogP contribution in [0.5, 0.6) is 0 Å². The predicted octanol–water partition coefficient (Wildman–Crippen LogP) is 2.28. The molecule has 0 atom stereocenters. The van der Waals surface area contributed by atoms with Crippen LogP contribution in [0.25, 0.3) is 0 Å². The van der Waals surface area contributed by atoms with Crippen molar-refractivity contribution in [3.8, 4) is 0 Å². The van der Waals surface area contributed by atoms with Crippen molar-refractivity contribution in [3.05, 3.63) is 47.4 Å². The van der Waals surface area contributed by atoms with Crippen LogP contribution in [0.1, 0.15) is 22.8 Å². The normalized spacial score (nSPS) is 10.4. The van der Waals surface area contributed by atoms with Crippen molar-refractivity contribution in [2.24, 2.45) is 0 Å². The third kappa shape index (κ3) is 1.82. The van der Waals surface area contributed by atoms with Crippen LogP contribution >= 0.6 is 0 Å². The molecular weight excluding hydrogens is 176 g/mol. The molecule has 3 heteroatoms. The van der Waals surface area contributed by atoms with Gasteiger partial charge in [-0.05, 0) is 26.0 Å². The summed E-state index contributed by atoms with van der Waals surface area (Å²) in [6, 6.07) is 3.83. The van der Waals surface area contributed by atoms with Crippen LogP contribution in [0.15, 0.2) is 29.0 Å². The molecule has 0 aliphatic carbocycles. The summed E-state index contributed by atoms with van der Waals surface area (Å²) in [5, 5.41) is 0. The van der Waals surface area contributed by atoms with Gasteiger partial charge in [-0.15, -0.1) is 0 Å². The third-order valence-electron chi connectivity index (χ3n) is 2.09. The average Bonchev–Trinajstić information content (AvgIpc) is 2.62. The third-order valence-corrected chi connectivity index (χ3v) is 2.09. The molecule has 0 aliphatic rings. The zero-order chi connectivity index (χ0) is 9.97. The molecule has 0 aromatic carbocycles. The van der Waals surface area contributed by atoms with Crippen LogP contribution in [0.3, 0.4) is 0 Å². The zero-order valence-corrected chi connectivity index (χ0v) is 8.32. The molecule has 2 aromatic rings. The minimum absolute atomic E-state index is 0.714. The van der Waals surface area contributed by atoms with Gasteiger partial charge in [-0.1, -0.05) is 0 Å². The number of aromatic nitrogens is 2. The van der Waals surface area contributed by atoms with Gasteiger partial charge >= 0.3 is 0 Å². The second-order valence-corrected chi connectivity index (χ2v) is 3.30. The van der Waals surface area contributed by atoms with E-state index in [1.54, 1.807) is 12.5 Å². The second kappa shape index (κ2) is 3.62. The monoisotopic (exact) mass is 188 g/mol. The van der Waals surface area contributed by atoms with Gasteiger partial charge in [0.25, 0.3) is 0 Å². The molecule has 0 aliphatic heterocycles. The molecule has 2 aromatic heterocycles. The number of aryl methyl sites for hydroxylation is 2. The summed E-state index contributed by atoms with van der Waals surface area (Å²) in [6.45, 7) is 3.91. The topological polar surface area (TPSA) is 38.9 Å². The number of nitrogens with zero attached hydrogens (tertiary/aromatic N) is 2.